The monoisotopic (exact) mass is 521 g/mol. The Kier molecular flexibility index (Phi) is 7.81. The normalized spacial score (nSPS) is 15.4. The second-order valence-corrected chi connectivity index (χ2v) is 11.1. The van der Waals surface area contributed by atoms with Crippen molar-refractivity contribution >= 4 is 12.0 Å². The molecule has 0 bridgehead atoms. The van der Waals surface area contributed by atoms with Gasteiger partial charge >= 0.3 is 12.3 Å². The molecular weight excluding hydrogens is 487 g/mol. The zero-order chi connectivity index (χ0) is 27.8. The summed E-state index contributed by atoms with van der Waals surface area (Å²) in [5, 5.41) is 2.77. The number of fused-ring (bicyclic) bond motifs is 1. The van der Waals surface area contributed by atoms with Crippen molar-refractivity contribution in [1.29, 1.82) is 0 Å². The van der Waals surface area contributed by atoms with Gasteiger partial charge in [0.15, 0.2) is 0 Å². The van der Waals surface area contributed by atoms with Crippen LogP contribution in [0.15, 0.2) is 30.5 Å². The molecule has 1 aliphatic heterocycles. The molecule has 0 spiro atoms. The summed E-state index contributed by atoms with van der Waals surface area (Å²) in [4.78, 5) is 30.7. The van der Waals surface area contributed by atoms with Gasteiger partial charge in [0.1, 0.15) is 18.0 Å². The first-order valence-electron chi connectivity index (χ1n) is 12.1. The van der Waals surface area contributed by atoms with Crippen molar-refractivity contribution in [2.45, 2.75) is 71.8 Å². The lowest BCUT2D eigenvalue weighted by Crippen LogP contribution is -2.52. The van der Waals surface area contributed by atoms with Crippen molar-refractivity contribution < 1.29 is 32.2 Å². The molecule has 0 aliphatic carbocycles. The van der Waals surface area contributed by atoms with Crippen LogP contribution in [0.5, 0.6) is 5.75 Å². The summed E-state index contributed by atoms with van der Waals surface area (Å²) in [6.07, 6.45) is -3.45. The third-order valence-electron chi connectivity index (χ3n) is 5.78. The number of aromatic nitrogens is 1. The molecule has 1 atom stereocenters. The number of nitrogens with zero attached hydrogens (tertiary/aromatic N) is 2. The highest BCUT2D eigenvalue weighted by molar-refractivity contribution is 6.03. The largest absolute Gasteiger partial charge is 0.491 e. The Morgan fingerprint density at radius 3 is 2.43 bits per heavy atom. The fraction of sp³-hybridized carbons (Fsp3) is 0.519. The lowest BCUT2D eigenvalue weighted by Gasteiger charge is -2.33. The van der Waals surface area contributed by atoms with E-state index in [2.05, 4.69) is 10.3 Å². The second-order valence-electron chi connectivity index (χ2n) is 11.1. The molecule has 1 N–H and O–H groups in total. The Bertz CT molecular complexity index is 1170. The van der Waals surface area contributed by atoms with Gasteiger partial charge in [0.25, 0.3) is 5.91 Å². The van der Waals surface area contributed by atoms with Crippen molar-refractivity contribution in [3.05, 3.63) is 47.3 Å². The smallest absolute Gasteiger partial charge is 0.419 e. The van der Waals surface area contributed by atoms with E-state index in [0.29, 0.717) is 29.8 Å². The minimum Gasteiger partial charge on any atom is -0.491 e. The fourth-order valence-electron chi connectivity index (χ4n) is 4.47. The zero-order valence-electron chi connectivity index (χ0n) is 22.2. The molecule has 2 heterocycles. The molecule has 37 heavy (non-hydrogen) atoms. The van der Waals surface area contributed by atoms with E-state index in [1.807, 2.05) is 13.8 Å². The third kappa shape index (κ3) is 6.93. The van der Waals surface area contributed by atoms with Crippen LogP contribution in [0, 0.1) is 5.92 Å². The second kappa shape index (κ2) is 10.2. The van der Waals surface area contributed by atoms with E-state index >= 15 is 0 Å². The highest BCUT2D eigenvalue weighted by Crippen LogP contribution is 2.40. The molecule has 202 valence electrons. The predicted octanol–water partition coefficient (Wildman–Crippen LogP) is 6.06. The number of alkyl carbamates (subject to hydrolysis) is 1. The van der Waals surface area contributed by atoms with Crippen LogP contribution in [0.2, 0.25) is 0 Å². The molecule has 0 radical (unpaired) electrons. The minimum absolute atomic E-state index is 0.123. The van der Waals surface area contributed by atoms with E-state index in [4.69, 9.17) is 9.47 Å². The van der Waals surface area contributed by atoms with Gasteiger partial charge in [-0.1, -0.05) is 19.9 Å². The maximum atomic E-state index is 14.1. The van der Waals surface area contributed by atoms with E-state index < -0.39 is 29.0 Å². The van der Waals surface area contributed by atoms with Crippen molar-refractivity contribution in [2.75, 3.05) is 13.7 Å². The predicted molar refractivity (Wildman–Crippen MR) is 133 cm³/mol. The van der Waals surface area contributed by atoms with Gasteiger partial charge in [-0.05, 0) is 69.4 Å². The van der Waals surface area contributed by atoms with E-state index in [1.165, 1.54) is 29.3 Å². The van der Waals surface area contributed by atoms with Gasteiger partial charge in [0, 0.05) is 13.2 Å². The quantitative estimate of drug-likeness (QED) is 0.479. The number of nitrogens with one attached hydrogen (secondary N) is 1. The fourth-order valence-corrected chi connectivity index (χ4v) is 4.47. The van der Waals surface area contributed by atoms with Gasteiger partial charge in [-0.25, -0.2) is 4.79 Å². The van der Waals surface area contributed by atoms with Crippen molar-refractivity contribution in [2.24, 2.45) is 5.92 Å². The maximum absolute atomic E-state index is 14.1. The summed E-state index contributed by atoms with van der Waals surface area (Å²) in [5.74, 6) is -0.534. The van der Waals surface area contributed by atoms with Gasteiger partial charge in [-0.3, -0.25) is 9.78 Å². The van der Waals surface area contributed by atoms with E-state index in [-0.39, 0.29) is 29.7 Å². The van der Waals surface area contributed by atoms with Crippen LogP contribution >= 0.6 is 0 Å². The van der Waals surface area contributed by atoms with Crippen LogP contribution in [0.25, 0.3) is 11.1 Å². The standard InChI is InChI=1S/C27H34F3N3O4/c1-16(2)13-26(6,32-24(35)37-25(3,4)5)15-36-21-9-8-17(12-19(21)27(28,29)30)18-10-11-31-20-14-33(7)23(34)22(18)20/h8-12,16H,13-15H2,1-7H3,(H,32,35). The van der Waals surface area contributed by atoms with E-state index in [9.17, 15) is 22.8 Å². The summed E-state index contributed by atoms with van der Waals surface area (Å²) in [5.41, 5.74) is -1.24. The van der Waals surface area contributed by atoms with Crippen LogP contribution in [-0.4, -0.2) is 46.7 Å². The highest BCUT2D eigenvalue weighted by Gasteiger charge is 2.37. The summed E-state index contributed by atoms with van der Waals surface area (Å²) < 4.78 is 53.4. The third-order valence-corrected chi connectivity index (χ3v) is 5.78. The summed E-state index contributed by atoms with van der Waals surface area (Å²) in [6, 6.07) is 5.26. The Morgan fingerprint density at radius 1 is 1.16 bits per heavy atom. The highest BCUT2D eigenvalue weighted by atomic mass is 19.4. The SMILES string of the molecule is CC(C)CC(C)(COc1ccc(-c2ccnc3c2C(=O)N(C)C3)cc1C(F)(F)F)NC(=O)OC(C)(C)C. The first kappa shape index (κ1) is 28.3. The number of carbonyl (C=O) groups excluding carboxylic acids is 2. The van der Waals surface area contributed by atoms with Crippen LogP contribution in [0.3, 0.4) is 0 Å². The van der Waals surface area contributed by atoms with Gasteiger partial charge in [0.05, 0.1) is 28.9 Å². The molecule has 3 rings (SSSR count). The topological polar surface area (TPSA) is 80.8 Å². The molecule has 0 saturated carbocycles. The van der Waals surface area contributed by atoms with E-state index in [0.717, 1.165) is 6.07 Å². The van der Waals surface area contributed by atoms with Crippen molar-refractivity contribution in [1.82, 2.24) is 15.2 Å². The van der Waals surface area contributed by atoms with Crippen molar-refractivity contribution in [3.63, 3.8) is 0 Å². The Balaban J connectivity index is 1.92. The number of hydrogen-bond donors (Lipinski definition) is 1. The molecule has 2 aromatic rings. The number of ether oxygens (including phenoxy) is 2. The molecule has 7 nitrogen and oxygen atoms in total. The number of carbonyl (C=O) groups is 2. The van der Waals surface area contributed by atoms with Crippen LogP contribution in [0.4, 0.5) is 18.0 Å². The zero-order valence-corrected chi connectivity index (χ0v) is 22.2. The molecule has 10 heteroatoms. The Hall–Kier alpha value is -3.30. The average molecular weight is 522 g/mol. The molecule has 0 fully saturated rings. The van der Waals surface area contributed by atoms with Crippen LogP contribution in [-0.2, 0) is 17.5 Å². The maximum Gasteiger partial charge on any atom is 0.419 e. The molecule has 1 aromatic carbocycles. The molecule has 1 unspecified atom stereocenters. The number of alkyl halides is 3. The molecular formula is C27H34F3N3O4. The Morgan fingerprint density at radius 2 is 1.84 bits per heavy atom. The molecule has 1 aromatic heterocycles. The molecule has 2 amide bonds. The van der Waals surface area contributed by atoms with Crippen molar-refractivity contribution in [3.8, 4) is 16.9 Å². The van der Waals surface area contributed by atoms with Crippen LogP contribution < -0.4 is 10.1 Å². The first-order valence-corrected chi connectivity index (χ1v) is 12.1. The number of pyridine rings is 1. The van der Waals surface area contributed by atoms with Gasteiger partial charge < -0.3 is 19.7 Å². The first-order chi connectivity index (χ1) is 17.0. The lowest BCUT2D eigenvalue weighted by atomic mass is 9.91. The summed E-state index contributed by atoms with van der Waals surface area (Å²) in [6.45, 7) is 10.9. The molecule has 0 saturated heterocycles. The minimum atomic E-state index is -4.71. The average Bonchev–Trinajstić information content (AvgIpc) is 3.03. The van der Waals surface area contributed by atoms with Gasteiger partial charge in [-0.2, -0.15) is 13.2 Å². The number of rotatable bonds is 7. The lowest BCUT2D eigenvalue weighted by molar-refractivity contribution is -0.139. The number of amides is 2. The van der Waals surface area contributed by atoms with Gasteiger partial charge in [-0.15, -0.1) is 0 Å². The molecule has 1 aliphatic rings. The number of halogens is 3. The number of hydrogen-bond acceptors (Lipinski definition) is 5. The summed E-state index contributed by atoms with van der Waals surface area (Å²) in [7, 11) is 1.62. The van der Waals surface area contributed by atoms with Gasteiger partial charge in [0.2, 0.25) is 0 Å². The van der Waals surface area contributed by atoms with Crippen LogP contribution in [0.1, 0.15) is 69.6 Å². The number of benzene rings is 1. The Labute approximate surface area is 215 Å². The summed E-state index contributed by atoms with van der Waals surface area (Å²) >= 11 is 0. The van der Waals surface area contributed by atoms with E-state index in [1.54, 1.807) is 34.7 Å².